The van der Waals surface area contributed by atoms with Crippen LogP contribution >= 0.6 is 0 Å². The molecule has 3 N–H and O–H groups in total. The first kappa shape index (κ1) is 24.7. The Balaban J connectivity index is 1.36. The van der Waals surface area contributed by atoms with Crippen molar-refractivity contribution in [2.75, 3.05) is 24.3 Å². The molecule has 1 amide bonds. The zero-order valence-corrected chi connectivity index (χ0v) is 21.4. The van der Waals surface area contributed by atoms with E-state index in [1.807, 2.05) is 87.5 Å². The smallest absolute Gasteiger partial charge is 0.412 e. The van der Waals surface area contributed by atoms with Gasteiger partial charge in [0.25, 0.3) is 0 Å². The van der Waals surface area contributed by atoms with Crippen molar-refractivity contribution in [3.63, 3.8) is 0 Å². The van der Waals surface area contributed by atoms with E-state index in [9.17, 15) is 4.79 Å². The van der Waals surface area contributed by atoms with Crippen molar-refractivity contribution in [3.8, 4) is 28.2 Å². The summed E-state index contributed by atoms with van der Waals surface area (Å²) in [4.78, 5) is 12.0. The van der Waals surface area contributed by atoms with Gasteiger partial charge in [-0.05, 0) is 68.8 Å². The SMILES string of the molecule is CC(C)(C)OC(=O)Nc1ccc(-c2cc3cccc(-c4ccc(OC5CCOCC5)c(N)c4)c3o2)cc1. The molecule has 2 heterocycles. The van der Waals surface area contributed by atoms with Crippen LogP contribution in [0.3, 0.4) is 0 Å². The number of benzene rings is 3. The van der Waals surface area contributed by atoms with Gasteiger partial charge in [0.1, 0.15) is 28.8 Å². The molecule has 7 heteroatoms. The van der Waals surface area contributed by atoms with E-state index in [1.54, 1.807) is 0 Å². The topological polar surface area (TPSA) is 96.0 Å². The summed E-state index contributed by atoms with van der Waals surface area (Å²) in [5.41, 5.74) is 10.7. The Bertz CT molecular complexity index is 1400. The van der Waals surface area contributed by atoms with Crippen molar-refractivity contribution in [1.82, 2.24) is 0 Å². The summed E-state index contributed by atoms with van der Waals surface area (Å²) < 4.78 is 23.2. The highest BCUT2D eigenvalue weighted by atomic mass is 16.6. The molecule has 0 aliphatic carbocycles. The lowest BCUT2D eigenvalue weighted by atomic mass is 10.0. The lowest BCUT2D eigenvalue weighted by molar-refractivity contribution is 0.0258. The summed E-state index contributed by atoms with van der Waals surface area (Å²) in [6, 6.07) is 21.4. The number of carbonyl (C=O) groups is 1. The van der Waals surface area contributed by atoms with Crippen molar-refractivity contribution in [3.05, 3.63) is 66.7 Å². The zero-order chi connectivity index (χ0) is 26.0. The second-order valence-corrected chi connectivity index (χ2v) is 10.2. The first-order chi connectivity index (χ1) is 17.7. The third-order valence-electron chi connectivity index (χ3n) is 6.14. The summed E-state index contributed by atoms with van der Waals surface area (Å²) in [6.45, 7) is 6.92. The minimum atomic E-state index is -0.557. The lowest BCUT2D eigenvalue weighted by Crippen LogP contribution is -2.27. The van der Waals surface area contributed by atoms with Gasteiger partial charge >= 0.3 is 6.09 Å². The minimum absolute atomic E-state index is 0.128. The molecule has 192 valence electrons. The Hall–Kier alpha value is -3.97. The van der Waals surface area contributed by atoms with Gasteiger partial charge in [-0.2, -0.15) is 0 Å². The predicted octanol–water partition coefficient (Wildman–Crippen LogP) is 7.25. The third kappa shape index (κ3) is 5.89. The van der Waals surface area contributed by atoms with E-state index < -0.39 is 11.7 Å². The summed E-state index contributed by atoms with van der Waals surface area (Å²) in [7, 11) is 0. The molecule has 0 saturated carbocycles. The molecule has 0 bridgehead atoms. The Labute approximate surface area is 216 Å². The summed E-state index contributed by atoms with van der Waals surface area (Å²) in [5.74, 6) is 1.43. The average molecular weight is 501 g/mol. The molecule has 0 unspecified atom stereocenters. The largest absolute Gasteiger partial charge is 0.488 e. The Kier molecular flexibility index (Phi) is 6.80. The van der Waals surface area contributed by atoms with Gasteiger partial charge in [-0.3, -0.25) is 5.32 Å². The Morgan fingerprint density at radius 3 is 2.41 bits per heavy atom. The number of para-hydroxylation sites is 1. The van der Waals surface area contributed by atoms with Crippen LogP contribution in [0, 0.1) is 0 Å². The van der Waals surface area contributed by atoms with Gasteiger partial charge in [0, 0.05) is 35.0 Å². The van der Waals surface area contributed by atoms with E-state index in [0.717, 1.165) is 46.3 Å². The van der Waals surface area contributed by atoms with E-state index in [-0.39, 0.29) is 6.10 Å². The third-order valence-corrected chi connectivity index (χ3v) is 6.14. The predicted molar refractivity (Wildman–Crippen MR) is 146 cm³/mol. The molecule has 0 atom stereocenters. The van der Waals surface area contributed by atoms with Gasteiger partial charge in [0.15, 0.2) is 0 Å². The van der Waals surface area contributed by atoms with E-state index in [1.165, 1.54) is 0 Å². The molecule has 3 aromatic carbocycles. The molecule has 1 fully saturated rings. The molecule has 1 aromatic heterocycles. The molecule has 0 spiro atoms. The van der Waals surface area contributed by atoms with Crippen molar-refractivity contribution >= 4 is 28.4 Å². The van der Waals surface area contributed by atoms with E-state index in [2.05, 4.69) is 5.32 Å². The van der Waals surface area contributed by atoms with Crippen LogP contribution < -0.4 is 15.8 Å². The number of ether oxygens (including phenoxy) is 3. The maximum Gasteiger partial charge on any atom is 0.412 e. The number of carbonyl (C=O) groups excluding carboxylic acids is 1. The fourth-order valence-corrected chi connectivity index (χ4v) is 4.37. The first-order valence-corrected chi connectivity index (χ1v) is 12.5. The summed E-state index contributed by atoms with van der Waals surface area (Å²) in [6.07, 6.45) is 1.38. The van der Waals surface area contributed by atoms with Crippen molar-refractivity contribution in [1.29, 1.82) is 0 Å². The molecule has 5 rings (SSSR count). The molecule has 4 aromatic rings. The normalized spacial score (nSPS) is 14.5. The fraction of sp³-hybridized carbons (Fsp3) is 0.300. The molecule has 37 heavy (non-hydrogen) atoms. The number of nitrogens with two attached hydrogens (primary N) is 1. The molecular formula is C30H32N2O5. The molecule has 1 saturated heterocycles. The number of hydrogen-bond acceptors (Lipinski definition) is 6. The second kappa shape index (κ2) is 10.2. The van der Waals surface area contributed by atoms with Gasteiger partial charge in [-0.1, -0.05) is 24.3 Å². The highest BCUT2D eigenvalue weighted by Gasteiger charge is 2.18. The van der Waals surface area contributed by atoms with Gasteiger partial charge in [-0.15, -0.1) is 0 Å². The average Bonchev–Trinajstić information content (AvgIpc) is 3.30. The summed E-state index contributed by atoms with van der Waals surface area (Å²) >= 11 is 0. The van der Waals surface area contributed by atoms with E-state index >= 15 is 0 Å². The van der Waals surface area contributed by atoms with Crippen molar-refractivity contribution < 1.29 is 23.4 Å². The number of anilines is 2. The van der Waals surface area contributed by atoms with Crippen LogP contribution in [0.1, 0.15) is 33.6 Å². The minimum Gasteiger partial charge on any atom is -0.488 e. The van der Waals surface area contributed by atoms with Gasteiger partial charge < -0.3 is 24.4 Å². The van der Waals surface area contributed by atoms with Crippen LogP contribution in [0.5, 0.6) is 5.75 Å². The maximum absolute atomic E-state index is 12.0. The van der Waals surface area contributed by atoms with E-state index in [4.69, 9.17) is 24.4 Å². The lowest BCUT2D eigenvalue weighted by Gasteiger charge is -2.24. The number of fused-ring (bicyclic) bond motifs is 1. The number of rotatable bonds is 5. The zero-order valence-electron chi connectivity index (χ0n) is 21.4. The van der Waals surface area contributed by atoms with E-state index in [0.29, 0.717) is 30.3 Å². The van der Waals surface area contributed by atoms with Gasteiger partial charge in [0.2, 0.25) is 0 Å². The molecule has 7 nitrogen and oxygen atoms in total. The number of nitrogen functional groups attached to an aromatic ring is 1. The number of amides is 1. The quantitative estimate of drug-likeness (QED) is 0.280. The van der Waals surface area contributed by atoms with Crippen LogP contribution in [-0.4, -0.2) is 31.0 Å². The standard InChI is InChI=1S/C30H32N2O5/c1-30(2,3)37-29(33)32-22-10-7-19(8-11-22)27-18-21-5-4-6-24(28(21)36-27)20-9-12-26(25(31)17-20)35-23-13-15-34-16-14-23/h4-12,17-18,23H,13-16,31H2,1-3H3,(H,32,33). The molecule has 0 radical (unpaired) electrons. The van der Waals surface area contributed by atoms with Crippen LogP contribution in [0.15, 0.2) is 71.1 Å². The van der Waals surface area contributed by atoms with Crippen LogP contribution in [0.2, 0.25) is 0 Å². The first-order valence-electron chi connectivity index (χ1n) is 12.5. The highest BCUT2D eigenvalue weighted by molar-refractivity contribution is 5.95. The molecular weight excluding hydrogens is 468 g/mol. The van der Waals surface area contributed by atoms with Gasteiger partial charge in [0.05, 0.1) is 18.9 Å². The number of furan rings is 1. The number of hydrogen-bond donors (Lipinski definition) is 2. The summed E-state index contributed by atoms with van der Waals surface area (Å²) in [5, 5.41) is 3.74. The van der Waals surface area contributed by atoms with Crippen LogP contribution in [0.25, 0.3) is 33.4 Å². The van der Waals surface area contributed by atoms with Crippen LogP contribution in [0.4, 0.5) is 16.2 Å². The Morgan fingerprint density at radius 2 is 1.70 bits per heavy atom. The van der Waals surface area contributed by atoms with Crippen LogP contribution in [-0.2, 0) is 9.47 Å². The van der Waals surface area contributed by atoms with Crippen molar-refractivity contribution in [2.24, 2.45) is 0 Å². The fourth-order valence-electron chi connectivity index (χ4n) is 4.37. The highest BCUT2D eigenvalue weighted by Crippen LogP contribution is 2.37. The molecule has 1 aliphatic rings. The Morgan fingerprint density at radius 1 is 0.973 bits per heavy atom. The van der Waals surface area contributed by atoms with Crippen molar-refractivity contribution in [2.45, 2.75) is 45.3 Å². The second-order valence-electron chi connectivity index (χ2n) is 10.2. The monoisotopic (exact) mass is 500 g/mol. The van der Waals surface area contributed by atoms with Gasteiger partial charge in [-0.25, -0.2) is 4.79 Å². The number of nitrogens with one attached hydrogen (secondary N) is 1. The maximum atomic E-state index is 12.0. The molecule has 1 aliphatic heterocycles.